The third-order valence-electron chi connectivity index (χ3n) is 4.73. The second-order valence-electron chi connectivity index (χ2n) is 6.40. The van der Waals surface area contributed by atoms with Gasteiger partial charge in [-0.1, -0.05) is 6.92 Å². The maximum absolute atomic E-state index is 12.5. The number of carbonyl (C=O) groups excluding carboxylic acids is 1. The molecule has 23 heavy (non-hydrogen) atoms. The summed E-state index contributed by atoms with van der Waals surface area (Å²) in [7, 11) is 6.12. The summed E-state index contributed by atoms with van der Waals surface area (Å²) in [5.41, 5.74) is 1.12. The molecule has 2 amide bonds. The third kappa shape index (κ3) is 4.65. The first-order valence-corrected chi connectivity index (χ1v) is 8.32. The number of amides is 2. The van der Waals surface area contributed by atoms with Gasteiger partial charge in [-0.15, -0.1) is 0 Å². The van der Waals surface area contributed by atoms with Gasteiger partial charge in [-0.05, 0) is 38.2 Å². The average Bonchev–Trinajstić information content (AvgIpc) is 2.57. The van der Waals surface area contributed by atoms with E-state index in [9.17, 15) is 4.79 Å². The number of nitrogens with one attached hydrogen (secondary N) is 1. The van der Waals surface area contributed by atoms with E-state index in [1.54, 1.807) is 17.3 Å². The maximum Gasteiger partial charge on any atom is 0.317 e. The van der Waals surface area contributed by atoms with Crippen LogP contribution in [0.4, 0.5) is 4.79 Å². The van der Waals surface area contributed by atoms with Crippen molar-refractivity contribution in [1.82, 2.24) is 25.0 Å². The number of pyridine rings is 1. The summed E-state index contributed by atoms with van der Waals surface area (Å²) in [4.78, 5) is 23.0. The van der Waals surface area contributed by atoms with Gasteiger partial charge in [0.15, 0.2) is 0 Å². The van der Waals surface area contributed by atoms with Crippen molar-refractivity contribution in [3.8, 4) is 0 Å². The molecule has 1 saturated heterocycles. The summed E-state index contributed by atoms with van der Waals surface area (Å²) in [5, 5.41) is 3.09. The average molecular weight is 319 g/mol. The van der Waals surface area contributed by atoms with E-state index >= 15 is 0 Å². The first-order chi connectivity index (χ1) is 11.0. The van der Waals surface area contributed by atoms with Gasteiger partial charge in [0.05, 0.1) is 6.04 Å². The zero-order valence-corrected chi connectivity index (χ0v) is 14.7. The van der Waals surface area contributed by atoms with Crippen molar-refractivity contribution in [3.05, 3.63) is 30.1 Å². The fraction of sp³-hybridized carbons (Fsp3) is 0.647. The summed E-state index contributed by atoms with van der Waals surface area (Å²) >= 11 is 0. The van der Waals surface area contributed by atoms with E-state index in [4.69, 9.17) is 0 Å². The molecule has 1 N–H and O–H groups in total. The Bertz CT molecular complexity index is 495. The van der Waals surface area contributed by atoms with Crippen LogP contribution >= 0.6 is 0 Å². The first kappa shape index (κ1) is 17.7. The van der Waals surface area contributed by atoms with Crippen LogP contribution in [-0.4, -0.2) is 79.1 Å². The van der Waals surface area contributed by atoms with Crippen LogP contribution in [0.1, 0.15) is 24.9 Å². The minimum Gasteiger partial charge on any atom is -0.336 e. The van der Waals surface area contributed by atoms with Gasteiger partial charge >= 0.3 is 6.03 Å². The number of carbonyl (C=O) groups is 1. The van der Waals surface area contributed by atoms with Crippen molar-refractivity contribution < 1.29 is 4.79 Å². The lowest BCUT2D eigenvalue weighted by Gasteiger charge is -2.38. The summed E-state index contributed by atoms with van der Waals surface area (Å²) in [6, 6.07) is 4.37. The highest BCUT2D eigenvalue weighted by Crippen LogP contribution is 2.22. The second-order valence-corrected chi connectivity index (χ2v) is 6.40. The van der Waals surface area contributed by atoms with Crippen molar-refractivity contribution >= 4 is 6.03 Å². The SMILES string of the molecule is CCC(c1ccncc1)N(C)C(=O)NCC1CN(C)CCN1C. The molecular formula is C17H29N5O. The van der Waals surface area contributed by atoms with Crippen LogP contribution in [0.3, 0.4) is 0 Å². The molecule has 0 saturated carbocycles. The lowest BCUT2D eigenvalue weighted by Crippen LogP contribution is -2.55. The predicted molar refractivity (Wildman–Crippen MR) is 92.3 cm³/mol. The van der Waals surface area contributed by atoms with Crippen LogP contribution in [-0.2, 0) is 0 Å². The molecule has 2 rings (SSSR count). The van der Waals surface area contributed by atoms with Gasteiger partial charge in [-0.3, -0.25) is 9.88 Å². The lowest BCUT2D eigenvalue weighted by atomic mass is 10.1. The highest BCUT2D eigenvalue weighted by molar-refractivity contribution is 5.74. The van der Waals surface area contributed by atoms with Gasteiger partial charge in [-0.2, -0.15) is 0 Å². The number of aromatic nitrogens is 1. The van der Waals surface area contributed by atoms with Crippen molar-refractivity contribution in [3.63, 3.8) is 0 Å². The van der Waals surface area contributed by atoms with Crippen molar-refractivity contribution in [2.24, 2.45) is 0 Å². The molecule has 0 spiro atoms. The lowest BCUT2D eigenvalue weighted by molar-refractivity contribution is 0.112. The minimum absolute atomic E-state index is 0.0183. The number of urea groups is 1. The molecule has 2 heterocycles. The van der Waals surface area contributed by atoms with Crippen molar-refractivity contribution in [2.75, 3.05) is 47.3 Å². The number of rotatable bonds is 5. The van der Waals surface area contributed by atoms with Gasteiger partial charge in [0.25, 0.3) is 0 Å². The Kier molecular flexibility index (Phi) is 6.36. The Morgan fingerprint density at radius 1 is 1.39 bits per heavy atom. The molecule has 128 valence electrons. The van der Waals surface area contributed by atoms with Gasteiger partial charge < -0.3 is 15.1 Å². The fourth-order valence-electron chi connectivity index (χ4n) is 3.11. The minimum atomic E-state index is -0.0183. The van der Waals surface area contributed by atoms with E-state index in [1.165, 1.54) is 0 Å². The Morgan fingerprint density at radius 3 is 2.74 bits per heavy atom. The van der Waals surface area contributed by atoms with Gasteiger partial charge in [0.2, 0.25) is 0 Å². The summed E-state index contributed by atoms with van der Waals surface area (Å²) in [6.07, 6.45) is 4.42. The van der Waals surface area contributed by atoms with Gasteiger partial charge in [0.1, 0.15) is 0 Å². The maximum atomic E-state index is 12.5. The second kappa shape index (κ2) is 8.26. The molecule has 0 aliphatic carbocycles. The van der Waals surface area contributed by atoms with E-state index in [0.717, 1.165) is 31.6 Å². The van der Waals surface area contributed by atoms with E-state index in [0.29, 0.717) is 12.6 Å². The Balaban J connectivity index is 1.91. The predicted octanol–water partition coefficient (Wildman–Crippen LogP) is 1.42. The van der Waals surface area contributed by atoms with Crippen molar-refractivity contribution in [2.45, 2.75) is 25.4 Å². The van der Waals surface area contributed by atoms with Crippen molar-refractivity contribution in [1.29, 1.82) is 0 Å². The molecule has 0 aromatic carbocycles. The molecule has 0 radical (unpaired) electrons. The third-order valence-corrected chi connectivity index (χ3v) is 4.73. The van der Waals surface area contributed by atoms with Gasteiger partial charge in [0, 0.05) is 51.7 Å². The zero-order chi connectivity index (χ0) is 16.8. The summed E-state index contributed by atoms with van der Waals surface area (Å²) in [6.45, 7) is 5.89. The van der Waals surface area contributed by atoms with E-state index in [1.807, 2.05) is 19.2 Å². The molecule has 1 aliphatic rings. The van der Waals surface area contributed by atoms with E-state index < -0.39 is 0 Å². The molecule has 1 fully saturated rings. The van der Waals surface area contributed by atoms with Crippen LogP contribution in [0.5, 0.6) is 0 Å². The molecule has 6 nitrogen and oxygen atoms in total. The number of hydrogen-bond donors (Lipinski definition) is 1. The molecule has 1 aromatic heterocycles. The number of likely N-dealkylation sites (N-methyl/N-ethyl adjacent to an activating group) is 2. The van der Waals surface area contributed by atoms with Crippen LogP contribution in [0.25, 0.3) is 0 Å². The molecule has 6 heteroatoms. The van der Waals surface area contributed by atoms with Crippen LogP contribution < -0.4 is 5.32 Å². The Hall–Kier alpha value is -1.66. The molecule has 1 aromatic rings. The molecular weight excluding hydrogens is 290 g/mol. The summed E-state index contributed by atoms with van der Waals surface area (Å²) in [5.74, 6) is 0. The fourth-order valence-corrected chi connectivity index (χ4v) is 3.11. The monoisotopic (exact) mass is 319 g/mol. The Labute approximate surface area is 139 Å². The highest BCUT2D eigenvalue weighted by atomic mass is 16.2. The summed E-state index contributed by atoms with van der Waals surface area (Å²) < 4.78 is 0. The number of nitrogens with zero attached hydrogens (tertiary/aromatic N) is 4. The number of hydrogen-bond acceptors (Lipinski definition) is 4. The zero-order valence-electron chi connectivity index (χ0n) is 14.7. The van der Waals surface area contributed by atoms with Crippen LogP contribution in [0, 0.1) is 0 Å². The molecule has 0 bridgehead atoms. The van der Waals surface area contributed by atoms with Crippen LogP contribution in [0.15, 0.2) is 24.5 Å². The quantitative estimate of drug-likeness (QED) is 0.892. The van der Waals surface area contributed by atoms with Gasteiger partial charge in [-0.25, -0.2) is 4.79 Å². The molecule has 2 unspecified atom stereocenters. The van der Waals surface area contributed by atoms with E-state index in [-0.39, 0.29) is 12.1 Å². The normalized spacial score (nSPS) is 21.0. The van der Waals surface area contributed by atoms with Crippen LogP contribution in [0.2, 0.25) is 0 Å². The largest absolute Gasteiger partial charge is 0.336 e. The highest BCUT2D eigenvalue weighted by Gasteiger charge is 2.24. The molecule has 1 aliphatic heterocycles. The van der Waals surface area contributed by atoms with E-state index in [2.05, 4.69) is 41.1 Å². The Morgan fingerprint density at radius 2 is 2.09 bits per heavy atom. The molecule has 2 atom stereocenters. The topological polar surface area (TPSA) is 51.7 Å². The smallest absolute Gasteiger partial charge is 0.317 e. The first-order valence-electron chi connectivity index (χ1n) is 8.32. The number of piperazine rings is 1. The standard InChI is InChI=1S/C17H29N5O/c1-5-16(14-6-8-18-9-7-14)22(4)17(23)19-12-15-13-20(2)10-11-21(15)3/h6-9,15-16H,5,10-13H2,1-4H3,(H,19,23).